The van der Waals surface area contributed by atoms with Crippen LogP contribution in [0.2, 0.25) is 5.02 Å². The number of benzene rings is 1. The van der Waals surface area contributed by atoms with Crippen molar-refractivity contribution in [3.05, 3.63) is 17.2 Å². The maximum absolute atomic E-state index is 8.73. The predicted octanol–water partition coefficient (Wildman–Crippen LogP) is 1.72. The number of anilines is 1. The molecule has 4 nitrogen and oxygen atoms in total. The molecule has 0 aliphatic rings. The average molecular weight is 218 g/mol. The highest BCUT2D eigenvalue weighted by atomic mass is 35.5. The zero-order chi connectivity index (χ0) is 10.6. The minimum atomic E-state index is -0.179. The Hall–Kier alpha value is -1.13. The SMILES string of the molecule is COc1cc(NCO)c(OC)cc1Cl. The number of methoxy groups -OCH3 is 2. The highest BCUT2D eigenvalue weighted by Gasteiger charge is 2.08. The van der Waals surface area contributed by atoms with Gasteiger partial charge in [-0.1, -0.05) is 11.6 Å². The first-order chi connectivity index (χ1) is 6.72. The molecule has 0 bridgehead atoms. The molecule has 0 aromatic heterocycles. The number of halogens is 1. The number of aliphatic hydroxyl groups excluding tert-OH is 1. The fourth-order valence-electron chi connectivity index (χ4n) is 1.08. The van der Waals surface area contributed by atoms with Crippen LogP contribution in [0, 0.1) is 0 Å². The number of aliphatic hydroxyl groups is 1. The first kappa shape index (κ1) is 10.9. The van der Waals surface area contributed by atoms with Gasteiger partial charge in [-0.2, -0.15) is 0 Å². The molecule has 0 spiro atoms. The molecule has 0 fully saturated rings. The van der Waals surface area contributed by atoms with Crippen LogP contribution in [0.1, 0.15) is 0 Å². The van der Waals surface area contributed by atoms with Gasteiger partial charge in [0.1, 0.15) is 18.2 Å². The van der Waals surface area contributed by atoms with Gasteiger partial charge < -0.3 is 19.9 Å². The summed E-state index contributed by atoms with van der Waals surface area (Å²) in [5.41, 5.74) is 0.635. The van der Waals surface area contributed by atoms with E-state index in [-0.39, 0.29) is 6.73 Å². The van der Waals surface area contributed by atoms with Crippen molar-refractivity contribution >= 4 is 17.3 Å². The fraction of sp³-hybridized carbons (Fsp3) is 0.333. The highest BCUT2D eigenvalue weighted by molar-refractivity contribution is 6.32. The Morgan fingerprint density at radius 1 is 1.29 bits per heavy atom. The van der Waals surface area contributed by atoms with Gasteiger partial charge in [-0.25, -0.2) is 0 Å². The van der Waals surface area contributed by atoms with E-state index in [1.807, 2.05) is 0 Å². The van der Waals surface area contributed by atoms with Crippen LogP contribution in [0.3, 0.4) is 0 Å². The van der Waals surface area contributed by atoms with E-state index in [4.69, 9.17) is 26.2 Å². The first-order valence-electron chi connectivity index (χ1n) is 3.99. The van der Waals surface area contributed by atoms with Crippen molar-refractivity contribution in [1.82, 2.24) is 0 Å². The second kappa shape index (κ2) is 4.93. The summed E-state index contributed by atoms with van der Waals surface area (Å²) in [6, 6.07) is 3.29. The second-order valence-electron chi connectivity index (χ2n) is 2.52. The molecule has 5 heteroatoms. The van der Waals surface area contributed by atoms with Gasteiger partial charge in [0.25, 0.3) is 0 Å². The molecular formula is C9H12ClNO3. The summed E-state index contributed by atoms with van der Waals surface area (Å²) in [5.74, 6) is 1.09. The maximum Gasteiger partial charge on any atom is 0.143 e. The Kier molecular flexibility index (Phi) is 3.85. The molecule has 0 saturated carbocycles. The summed E-state index contributed by atoms with van der Waals surface area (Å²) in [6.45, 7) is -0.179. The molecule has 14 heavy (non-hydrogen) atoms. The number of nitrogens with one attached hydrogen (secondary N) is 1. The Balaban J connectivity index is 3.11. The third-order valence-electron chi connectivity index (χ3n) is 1.74. The number of rotatable bonds is 4. The lowest BCUT2D eigenvalue weighted by atomic mass is 10.2. The molecule has 0 saturated heterocycles. The van der Waals surface area contributed by atoms with Crippen LogP contribution < -0.4 is 14.8 Å². The van der Waals surface area contributed by atoms with Gasteiger partial charge >= 0.3 is 0 Å². The summed E-state index contributed by atoms with van der Waals surface area (Å²) in [7, 11) is 3.05. The number of hydrogen-bond donors (Lipinski definition) is 2. The maximum atomic E-state index is 8.73. The van der Waals surface area contributed by atoms with Gasteiger partial charge in [0, 0.05) is 12.1 Å². The number of ether oxygens (including phenoxy) is 2. The Morgan fingerprint density at radius 2 is 1.93 bits per heavy atom. The predicted molar refractivity (Wildman–Crippen MR) is 55.3 cm³/mol. The topological polar surface area (TPSA) is 50.7 Å². The van der Waals surface area contributed by atoms with E-state index in [1.54, 1.807) is 12.1 Å². The van der Waals surface area contributed by atoms with Crippen molar-refractivity contribution in [3.8, 4) is 11.5 Å². The first-order valence-corrected chi connectivity index (χ1v) is 4.37. The number of hydrogen-bond acceptors (Lipinski definition) is 4. The summed E-state index contributed by atoms with van der Waals surface area (Å²) < 4.78 is 10.1. The van der Waals surface area contributed by atoms with Crippen molar-refractivity contribution in [3.63, 3.8) is 0 Å². The minimum absolute atomic E-state index is 0.179. The molecule has 0 atom stereocenters. The van der Waals surface area contributed by atoms with E-state index in [0.717, 1.165) is 0 Å². The zero-order valence-corrected chi connectivity index (χ0v) is 8.76. The van der Waals surface area contributed by atoms with Crippen LogP contribution in [0.25, 0.3) is 0 Å². The van der Waals surface area contributed by atoms with Gasteiger partial charge in [-0.05, 0) is 0 Å². The van der Waals surface area contributed by atoms with Crippen molar-refractivity contribution < 1.29 is 14.6 Å². The Bertz CT molecular complexity index is 317. The van der Waals surface area contributed by atoms with E-state index in [1.165, 1.54) is 14.2 Å². The molecule has 0 radical (unpaired) electrons. The Labute approximate surface area is 87.4 Å². The molecule has 1 aromatic carbocycles. The van der Waals surface area contributed by atoms with Crippen LogP contribution in [0.15, 0.2) is 12.1 Å². The van der Waals surface area contributed by atoms with Crippen LogP contribution in [-0.4, -0.2) is 26.1 Å². The smallest absolute Gasteiger partial charge is 0.143 e. The second-order valence-corrected chi connectivity index (χ2v) is 2.93. The highest BCUT2D eigenvalue weighted by Crippen LogP contribution is 2.35. The summed E-state index contributed by atoms with van der Waals surface area (Å²) >= 11 is 5.89. The molecule has 0 aliphatic heterocycles. The molecule has 0 heterocycles. The average Bonchev–Trinajstić information content (AvgIpc) is 2.20. The van der Waals surface area contributed by atoms with Crippen LogP contribution in [0.4, 0.5) is 5.69 Å². The van der Waals surface area contributed by atoms with Crippen molar-refractivity contribution in [2.24, 2.45) is 0 Å². The van der Waals surface area contributed by atoms with E-state index < -0.39 is 0 Å². The lowest BCUT2D eigenvalue weighted by Gasteiger charge is -2.12. The molecule has 0 aliphatic carbocycles. The van der Waals surface area contributed by atoms with E-state index in [9.17, 15) is 0 Å². The molecule has 1 rings (SSSR count). The molecule has 2 N–H and O–H groups in total. The summed E-state index contributed by atoms with van der Waals surface area (Å²) in [5, 5.41) is 11.9. The van der Waals surface area contributed by atoms with E-state index >= 15 is 0 Å². The van der Waals surface area contributed by atoms with Crippen LogP contribution in [-0.2, 0) is 0 Å². The standard InChI is InChI=1S/C9H12ClNO3/c1-13-8-4-7(11-5-12)9(14-2)3-6(8)10/h3-4,11-12H,5H2,1-2H3. The minimum Gasteiger partial charge on any atom is -0.495 e. The largest absolute Gasteiger partial charge is 0.495 e. The van der Waals surface area contributed by atoms with Gasteiger partial charge in [-0.15, -0.1) is 0 Å². The summed E-state index contributed by atoms with van der Waals surface area (Å²) in [4.78, 5) is 0. The molecule has 0 amide bonds. The normalized spacial score (nSPS) is 9.71. The van der Waals surface area contributed by atoms with E-state index in [0.29, 0.717) is 22.2 Å². The lowest BCUT2D eigenvalue weighted by Crippen LogP contribution is -2.02. The van der Waals surface area contributed by atoms with Crippen molar-refractivity contribution in [1.29, 1.82) is 0 Å². The van der Waals surface area contributed by atoms with Crippen molar-refractivity contribution in [2.75, 3.05) is 26.3 Å². The molecule has 1 aromatic rings. The molecular weight excluding hydrogens is 206 g/mol. The molecule has 78 valence electrons. The van der Waals surface area contributed by atoms with E-state index in [2.05, 4.69) is 5.32 Å². The monoisotopic (exact) mass is 217 g/mol. The lowest BCUT2D eigenvalue weighted by molar-refractivity contribution is 0.324. The third kappa shape index (κ3) is 2.21. The van der Waals surface area contributed by atoms with Gasteiger partial charge in [0.15, 0.2) is 0 Å². The molecule has 0 unspecified atom stereocenters. The quantitative estimate of drug-likeness (QED) is 0.754. The summed E-state index contributed by atoms with van der Waals surface area (Å²) in [6.07, 6.45) is 0. The zero-order valence-electron chi connectivity index (χ0n) is 8.00. The van der Waals surface area contributed by atoms with Crippen LogP contribution >= 0.6 is 11.6 Å². The third-order valence-corrected chi connectivity index (χ3v) is 2.04. The fourth-order valence-corrected chi connectivity index (χ4v) is 1.31. The van der Waals surface area contributed by atoms with Gasteiger partial charge in [-0.3, -0.25) is 0 Å². The van der Waals surface area contributed by atoms with Crippen molar-refractivity contribution in [2.45, 2.75) is 0 Å². The van der Waals surface area contributed by atoms with Crippen LogP contribution in [0.5, 0.6) is 11.5 Å². The van der Waals surface area contributed by atoms with Gasteiger partial charge in [0.05, 0.1) is 24.9 Å². The Morgan fingerprint density at radius 3 is 2.43 bits per heavy atom. The van der Waals surface area contributed by atoms with Gasteiger partial charge in [0.2, 0.25) is 0 Å².